The molecule has 0 amide bonds. The van der Waals surface area contributed by atoms with E-state index in [1.165, 1.54) is 12.0 Å². The van der Waals surface area contributed by atoms with E-state index in [0.29, 0.717) is 6.10 Å². The Hall–Kier alpha value is -1.31. The van der Waals surface area contributed by atoms with Crippen LogP contribution in [0.25, 0.3) is 0 Å². The van der Waals surface area contributed by atoms with Gasteiger partial charge in [-0.25, -0.2) is 0 Å². The van der Waals surface area contributed by atoms with E-state index in [9.17, 15) is 0 Å². The molecule has 2 rings (SSSR count). The highest BCUT2D eigenvalue weighted by atomic mass is 16.5. The van der Waals surface area contributed by atoms with Gasteiger partial charge in [0, 0.05) is 32.4 Å². The van der Waals surface area contributed by atoms with E-state index < -0.39 is 0 Å². The molecule has 0 aliphatic carbocycles. The average Bonchev–Trinajstić information content (AvgIpc) is 2.92. The number of nitrogens with one attached hydrogen (secondary N) is 1. The molecule has 1 saturated heterocycles. The van der Waals surface area contributed by atoms with Crippen LogP contribution < -0.4 is 5.32 Å². The van der Waals surface area contributed by atoms with Gasteiger partial charge in [-0.1, -0.05) is 0 Å². The van der Waals surface area contributed by atoms with Crippen LogP contribution in [0.1, 0.15) is 29.8 Å². The molecule has 0 unspecified atom stereocenters. The fourth-order valence-corrected chi connectivity index (χ4v) is 2.22. The molecule has 0 spiro atoms. The second-order valence-electron chi connectivity index (χ2n) is 4.58. The van der Waals surface area contributed by atoms with E-state index in [4.69, 9.17) is 10.00 Å². The van der Waals surface area contributed by atoms with E-state index in [2.05, 4.69) is 11.4 Å². The van der Waals surface area contributed by atoms with Crippen LogP contribution in [0.4, 0.5) is 0 Å². The minimum absolute atomic E-state index is 0.370. The van der Waals surface area contributed by atoms with Crippen molar-refractivity contribution < 1.29 is 4.74 Å². The summed E-state index contributed by atoms with van der Waals surface area (Å²) in [6.45, 7) is 4.65. The highest BCUT2D eigenvalue weighted by molar-refractivity contribution is 5.33. The largest absolute Gasteiger partial charge is 0.377 e. The van der Waals surface area contributed by atoms with Gasteiger partial charge in [0.15, 0.2) is 0 Å². The van der Waals surface area contributed by atoms with Crippen molar-refractivity contribution in [1.82, 2.24) is 9.88 Å². The predicted octanol–water partition coefficient (Wildman–Crippen LogP) is 1.47. The number of hydrogen-bond acceptors (Lipinski definition) is 3. The van der Waals surface area contributed by atoms with Crippen molar-refractivity contribution in [2.45, 2.75) is 32.4 Å². The van der Waals surface area contributed by atoms with Crippen molar-refractivity contribution in [2.75, 3.05) is 13.2 Å². The summed E-state index contributed by atoms with van der Waals surface area (Å²) in [5.41, 5.74) is 3.07. The van der Waals surface area contributed by atoms with E-state index in [1.54, 1.807) is 0 Å². The molecular weight excluding hydrogens is 214 g/mol. The third-order valence-electron chi connectivity index (χ3n) is 3.47. The van der Waals surface area contributed by atoms with Gasteiger partial charge in [-0.2, -0.15) is 5.26 Å². The summed E-state index contributed by atoms with van der Waals surface area (Å²) in [6, 6.07) is 4.15. The van der Waals surface area contributed by atoms with Crippen molar-refractivity contribution in [1.29, 1.82) is 5.26 Å². The normalized spacial score (nSPS) is 19.5. The molecule has 0 aromatic carbocycles. The Bertz CT molecular complexity index is 425. The number of nitrogens with zero attached hydrogens (tertiary/aromatic N) is 2. The quantitative estimate of drug-likeness (QED) is 0.857. The second kappa shape index (κ2) is 5.35. The second-order valence-corrected chi connectivity index (χ2v) is 4.58. The lowest BCUT2D eigenvalue weighted by atomic mass is 10.2. The lowest BCUT2D eigenvalue weighted by Crippen LogP contribution is -2.25. The van der Waals surface area contributed by atoms with Crippen LogP contribution in [0.2, 0.25) is 0 Å². The maximum Gasteiger partial charge on any atom is 0.120 e. The van der Waals surface area contributed by atoms with Crippen LogP contribution >= 0.6 is 0 Å². The fourth-order valence-electron chi connectivity index (χ4n) is 2.22. The highest BCUT2D eigenvalue weighted by Gasteiger charge is 2.15. The van der Waals surface area contributed by atoms with Gasteiger partial charge in [0.2, 0.25) is 0 Å². The van der Waals surface area contributed by atoms with Crippen molar-refractivity contribution >= 4 is 0 Å². The molecule has 1 aliphatic heterocycles. The minimum Gasteiger partial charge on any atom is -0.377 e. The number of nitriles is 1. The molecule has 1 atom stereocenters. The Morgan fingerprint density at radius 3 is 3.06 bits per heavy atom. The molecule has 17 heavy (non-hydrogen) atoms. The summed E-state index contributed by atoms with van der Waals surface area (Å²) in [6.07, 6.45) is 2.70. The molecule has 1 aromatic heterocycles. The Balaban J connectivity index is 1.88. The molecule has 0 bridgehead atoms. The van der Waals surface area contributed by atoms with Crippen LogP contribution in [-0.2, 0) is 18.3 Å². The summed E-state index contributed by atoms with van der Waals surface area (Å²) in [7, 11) is 1.93. The number of ether oxygens (including phenoxy) is 1. The van der Waals surface area contributed by atoms with Crippen molar-refractivity contribution in [3.8, 4) is 6.07 Å². The van der Waals surface area contributed by atoms with Crippen molar-refractivity contribution in [3.63, 3.8) is 0 Å². The van der Waals surface area contributed by atoms with Crippen LogP contribution in [-0.4, -0.2) is 23.8 Å². The third-order valence-corrected chi connectivity index (χ3v) is 3.47. The van der Waals surface area contributed by atoms with E-state index >= 15 is 0 Å². The number of aromatic nitrogens is 1. The summed E-state index contributed by atoms with van der Waals surface area (Å²) < 4.78 is 7.48. The predicted molar refractivity (Wildman–Crippen MR) is 65.5 cm³/mol. The monoisotopic (exact) mass is 233 g/mol. The van der Waals surface area contributed by atoms with E-state index in [1.807, 2.05) is 24.6 Å². The molecule has 0 radical (unpaired) electrons. The average molecular weight is 233 g/mol. The summed E-state index contributed by atoms with van der Waals surface area (Å²) in [5.74, 6) is 0. The van der Waals surface area contributed by atoms with Gasteiger partial charge < -0.3 is 14.6 Å². The highest BCUT2D eigenvalue weighted by Crippen LogP contribution is 2.14. The maximum absolute atomic E-state index is 8.94. The molecule has 1 fully saturated rings. The zero-order valence-electron chi connectivity index (χ0n) is 10.5. The summed E-state index contributed by atoms with van der Waals surface area (Å²) in [5, 5.41) is 12.3. The van der Waals surface area contributed by atoms with Crippen LogP contribution in [0.3, 0.4) is 0 Å². The number of hydrogen-bond donors (Lipinski definition) is 1. The summed E-state index contributed by atoms with van der Waals surface area (Å²) >= 11 is 0. The first-order chi connectivity index (χ1) is 8.22. The van der Waals surface area contributed by atoms with Crippen molar-refractivity contribution in [2.24, 2.45) is 7.05 Å². The molecule has 2 heterocycles. The Morgan fingerprint density at radius 2 is 2.47 bits per heavy atom. The van der Waals surface area contributed by atoms with Gasteiger partial charge in [-0.3, -0.25) is 0 Å². The van der Waals surface area contributed by atoms with Gasteiger partial charge in [0.05, 0.1) is 6.10 Å². The van der Waals surface area contributed by atoms with Crippen LogP contribution in [0.15, 0.2) is 6.07 Å². The molecule has 1 N–H and O–H groups in total. The Morgan fingerprint density at radius 1 is 1.65 bits per heavy atom. The lowest BCUT2D eigenvalue weighted by molar-refractivity contribution is 0.110. The first-order valence-corrected chi connectivity index (χ1v) is 6.10. The van der Waals surface area contributed by atoms with Gasteiger partial charge in [0.1, 0.15) is 11.8 Å². The molecule has 4 heteroatoms. The third kappa shape index (κ3) is 2.68. The van der Waals surface area contributed by atoms with Gasteiger partial charge in [-0.15, -0.1) is 0 Å². The van der Waals surface area contributed by atoms with Crippen LogP contribution in [0.5, 0.6) is 0 Å². The van der Waals surface area contributed by atoms with Gasteiger partial charge >= 0.3 is 0 Å². The lowest BCUT2D eigenvalue weighted by Gasteiger charge is -2.10. The van der Waals surface area contributed by atoms with E-state index in [0.717, 1.165) is 37.5 Å². The first-order valence-electron chi connectivity index (χ1n) is 6.10. The Kier molecular flexibility index (Phi) is 3.82. The zero-order valence-corrected chi connectivity index (χ0v) is 10.5. The van der Waals surface area contributed by atoms with Gasteiger partial charge in [-0.05, 0) is 31.4 Å². The van der Waals surface area contributed by atoms with E-state index in [-0.39, 0.29) is 0 Å². The SMILES string of the molecule is Cc1c(CNC[C@H]2CCCO2)cc(C#N)n1C. The number of rotatable bonds is 4. The molecular formula is C13H19N3O. The minimum atomic E-state index is 0.370. The Labute approximate surface area is 102 Å². The first kappa shape index (κ1) is 12.2. The summed E-state index contributed by atoms with van der Waals surface area (Å²) in [4.78, 5) is 0. The van der Waals surface area contributed by atoms with Gasteiger partial charge in [0.25, 0.3) is 0 Å². The smallest absolute Gasteiger partial charge is 0.120 e. The standard InChI is InChI=1S/C13H19N3O/c1-10-11(6-12(7-14)16(10)2)8-15-9-13-4-3-5-17-13/h6,13,15H,3-5,8-9H2,1-2H3/t13-/m1/s1. The molecule has 1 aliphatic rings. The van der Waals surface area contributed by atoms with Crippen molar-refractivity contribution in [3.05, 3.63) is 23.0 Å². The molecule has 92 valence electrons. The topological polar surface area (TPSA) is 50.0 Å². The van der Waals surface area contributed by atoms with Crippen LogP contribution in [0, 0.1) is 18.3 Å². The zero-order chi connectivity index (χ0) is 12.3. The maximum atomic E-state index is 8.94. The molecule has 1 aromatic rings. The molecule has 0 saturated carbocycles. The molecule has 4 nitrogen and oxygen atoms in total. The fraction of sp³-hybridized carbons (Fsp3) is 0.615.